The molecule has 1 fully saturated rings. The predicted molar refractivity (Wildman–Crippen MR) is 102 cm³/mol. The number of nitriles is 1. The molecule has 0 spiro atoms. The normalized spacial score (nSPS) is 14.6. The number of hydrogen-bond acceptors (Lipinski definition) is 6. The molecule has 1 aromatic carbocycles. The molecule has 140 valence electrons. The number of carbonyl (C=O) groups excluding carboxylic acids is 1. The van der Waals surface area contributed by atoms with Crippen molar-refractivity contribution in [2.24, 2.45) is 0 Å². The van der Waals surface area contributed by atoms with E-state index < -0.39 is 5.91 Å². The third-order valence-corrected chi connectivity index (χ3v) is 4.23. The molecule has 1 aromatic heterocycles. The molecule has 2 heterocycles. The van der Waals surface area contributed by atoms with Crippen molar-refractivity contribution in [2.45, 2.75) is 0 Å². The van der Waals surface area contributed by atoms with Gasteiger partial charge in [-0.15, -0.1) is 0 Å². The molecule has 0 radical (unpaired) electrons. The van der Waals surface area contributed by atoms with Crippen LogP contribution in [0.15, 0.2) is 40.3 Å². The SMILES string of the molecule is COc1ccc(Cl)cc1NC(=O)/C(C#N)=C/c1ccc(N2CCOCC2)o1. The Kier molecular flexibility index (Phi) is 6.01. The number of benzene rings is 1. The van der Waals surface area contributed by atoms with E-state index in [1.807, 2.05) is 17.0 Å². The fraction of sp³-hybridized carbons (Fsp3) is 0.263. The predicted octanol–water partition coefficient (Wildman–Crippen LogP) is 3.32. The summed E-state index contributed by atoms with van der Waals surface area (Å²) in [6, 6.07) is 10.3. The van der Waals surface area contributed by atoms with E-state index in [0.717, 1.165) is 13.1 Å². The second-order valence-corrected chi connectivity index (χ2v) is 6.18. The zero-order valence-electron chi connectivity index (χ0n) is 14.7. The average Bonchev–Trinajstić information content (AvgIpc) is 3.15. The lowest BCUT2D eigenvalue weighted by Gasteiger charge is -2.26. The lowest BCUT2D eigenvalue weighted by atomic mass is 10.2. The largest absolute Gasteiger partial charge is 0.495 e. The number of hydrogen-bond donors (Lipinski definition) is 1. The topological polar surface area (TPSA) is 87.7 Å². The van der Waals surface area contributed by atoms with Crippen LogP contribution >= 0.6 is 11.6 Å². The Morgan fingerprint density at radius 1 is 1.33 bits per heavy atom. The molecule has 27 heavy (non-hydrogen) atoms. The molecule has 1 aliphatic rings. The summed E-state index contributed by atoms with van der Waals surface area (Å²) < 4.78 is 16.2. The monoisotopic (exact) mass is 387 g/mol. The van der Waals surface area contributed by atoms with E-state index in [1.165, 1.54) is 13.2 Å². The van der Waals surface area contributed by atoms with Crippen LogP contribution < -0.4 is 15.0 Å². The van der Waals surface area contributed by atoms with Gasteiger partial charge in [-0.2, -0.15) is 5.26 Å². The van der Waals surface area contributed by atoms with Crippen LogP contribution in [0.3, 0.4) is 0 Å². The van der Waals surface area contributed by atoms with Crippen LogP contribution in [0, 0.1) is 11.3 Å². The summed E-state index contributed by atoms with van der Waals surface area (Å²) in [5, 5.41) is 12.4. The maximum atomic E-state index is 12.5. The van der Waals surface area contributed by atoms with Gasteiger partial charge in [-0.3, -0.25) is 4.79 Å². The first kappa shape index (κ1) is 18.8. The standard InChI is InChI=1S/C19H18ClN3O4/c1-25-17-4-2-14(20)11-16(17)22-19(24)13(12-21)10-15-3-5-18(27-15)23-6-8-26-9-7-23/h2-5,10-11H,6-9H2,1H3,(H,22,24)/b13-10+. The number of nitrogens with zero attached hydrogens (tertiary/aromatic N) is 2. The third kappa shape index (κ3) is 4.61. The highest BCUT2D eigenvalue weighted by Gasteiger charge is 2.16. The Labute approximate surface area is 161 Å². The van der Waals surface area contributed by atoms with Crippen LogP contribution in [0.5, 0.6) is 5.75 Å². The van der Waals surface area contributed by atoms with E-state index in [-0.39, 0.29) is 5.57 Å². The molecule has 1 saturated heterocycles. The fourth-order valence-electron chi connectivity index (χ4n) is 2.63. The lowest BCUT2D eigenvalue weighted by molar-refractivity contribution is -0.112. The van der Waals surface area contributed by atoms with Crippen molar-refractivity contribution in [3.05, 3.63) is 46.7 Å². The molecule has 3 rings (SSSR count). The molecule has 1 N–H and O–H groups in total. The fourth-order valence-corrected chi connectivity index (χ4v) is 2.80. The number of furan rings is 1. The van der Waals surface area contributed by atoms with Gasteiger partial charge in [0.2, 0.25) is 0 Å². The third-order valence-electron chi connectivity index (χ3n) is 4.00. The number of nitrogens with one attached hydrogen (secondary N) is 1. The molecule has 0 bridgehead atoms. The maximum Gasteiger partial charge on any atom is 0.266 e. The van der Waals surface area contributed by atoms with Crippen molar-refractivity contribution in [3.8, 4) is 11.8 Å². The van der Waals surface area contributed by atoms with Crippen molar-refractivity contribution in [3.63, 3.8) is 0 Å². The average molecular weight is 388 g/mol. The highest BCUT2D eigenvalue weighted by molar-refractivity contribution is 6.31. The molecule has 1 amide bonds. The van der Waals surface area contributed by atoms with Crippen molar-refractivity contribution in [1.82, 2.24) is 0 Å². The van der Waals surface area contributed by atoms with Crippen LogP contribution in [0.2, 0.25) is 5.02 Å². The summed E-state index contributed by atoms with van der Waals surface area (Å²) in [6.07, 6.45) is 1.40. The summed E-state index contributed by atoms with van der Waals surface area (Å²) in [7, 11) is 1.48. The first-order valence-corrected chi connectivity index (χ1v) is 8.67. The van der Waals surface area contributed by atoms with Crippen molar-refractivity contribution in [1.29, 1.82) is 5.26 Å². The van der Waals surface area contributed by atoms with Gasteiger partial charge in [0.05, 0.1) is 26.0 Å². The minimum Gasteiger partial charge on any atom is -0.495 e. The van der Waals surface area contributed by atoms with Gasteiger partial charge in [-0.25, -0.2) is 0 Å². The summed E-state index contributed by atoms with van der Waals surface area (Å²) >= 11 is 5.96. The Bertz CT molecular complexity index is 895. The van der Waals surface area contributed by atoms with E-state index in [2.05, 4.69) is 5.32 Å². The number of ether oxygens (including phenoxy) is 2. The van der Waals surface area contributed by atoms with Crippen LogP contribution in [0.4, 0.5) is 11.6 Å². The van der Waals surface area contributed by atoms with E-state index in [9.17, 15) is 10.1 Å². The van der Waals surface area contributed by atoms with Gasteiger partial charge in [0.1, 0.15) is 23.2 Å². The van der Waals surface area contributed by atoms with Crippen molar-refractivity contribution in [2.75, 3.05) is 43.6 Å². The second-order valence-electron chi connectivity index (χ2n) is 5.74. The molecule has 8 heteroatoms. The number of methoxy groups -OCH3 is 1. The quantitative estimate of drug-likeness (QED) is 0.625. The van der Waals surface area contributed by atoms with Gasteiger partial charge >= 0.3 is 0 Å². The van der Waals surface area contributed by atoms with Gasteiger partial charge in [-0.1, -0.05) is 11.6 Å². The molecular formula is C19H18ClN3O4. The highest BCUT2D eigenvalue weighted by atomic mass is 35.5. The van der Waals surface area contributed by atoms with Gasteiger partial charge in [0.15, 0.2) is 5.88 Å². The summed E-state index contributed by atoms with van der Waals surface area (Å²) in [4.78, 5) is 14.5. The Morgan fingerprint density at radius 3 is 2.81 bits per heavy atom. The number of rotatable bonds is 5. The summed E-state index contributed by atoms with van der Waals surface area (Å²) in [5.74, 6) is 0.958. The number of halogens is 1. The molecule has 1 aliphatic heterocycles. The lowest BCUT2D eigenvalue weighted by Crippen LogP contribution is -2.35. The van der Waals surface area contributed by atoms with Gasteiger partial charge in [-0.05, 0) is 24.3 Å². The Balaban J connectivity index is 1.76. The van der Waals surface area contributed by atoms with E-state index >= 15 is 0 Å². The summed E-state index contributed by atoms with van der Waals surface area (Å²) in [6.45, 7) is 2.74. The zero-order valence-corrected chi connectivity index (χ0v) is 15.5. The number of carbonyl (C=O) groups is 1. The highest BCUT2D eigenvalue weighted by Crippen LogP contribution is 2.28. The summed E-state index contributed by atoms with van der Waals surface area (Å²) in [5.41, 5.74) is 0.282. The minimum absolute atomic E-state index is 0.0973. The van der Waals surface area contributed by atoms with Crippen molar-refractivity contribution < 1.29 is 18.7 Å². The van der Waals surface area contributed by atoms with Gasteiger partial charge in [0.25, 0.3) is 5.91 Å². The van der Waals surface area contributed by atoms with Crippen LogP contribution in [0.1, 0.15) is 5.76 Å². The van der Waals surface area contributed by atoms with Crippen LogP contribution in [0.25, 0.3) is 6.08 Å². The van der Waals surface area contributed by atoms with E-state index in [1.54, 1.807) is 24.3 Å². The minimum atomic E-state index is -0.581. The number of amides is 1. The Hall–Kier alpha value is -2.95. The Morgan fingerprint density at radius 2 is 2.11 bits per heavy atom. The smallest absolute Gasteiger partial charge is 0.266 e. The molecule has 7 nitrogen and oxygen atoms in total. The molecule has 0 atom stereocenters. The van der Waals surface area contributed by atoms with E-state index in [4.69, 9.17) is 25.5 Å². The zero-order chi connectivity index (χ0) is 19.2. The number of anilines is 2. The van der Waals surface area contributed by atoms with Gasteiger partial charge < -0.3 is 24.1 Å². The first-order chi connectivity index (χ1) is 13.1. The molecule has 2 aromatic rings. The maximum absolute atomic E-state index is 12.5. The number of morpholine rings is 1. The first-order valence-electron chi connectivity index (χ1n) is 8.30. The second kappa shape index (κ2) is 8.62. The molecule has 0 unspecified atom stereocenters. The molecule has 0 aliphatic carbocycles. The van der Waals surface area contributed by atoms with Crippen LogP contribution in [-0.2, 0) is 9.53 Å². The van der Waals surface area contributed by atoms with Gasteiger partial charge in [0, 0.05) is 30.3 Å². The molecule has 0 saturated carbocycles. The van der Waals surface area contributed by atoms with Crippen LogP contribution in [-0.4, -0.2) is 39.3 Å². The van der Waals surface area contributed by atoms with Crippen molar-refractivity contribution >= 4 is 35.2 Å². The molecular weight excluding hydrogens is 370 g/mol. The van der Waals surface area contributed by atoms with E-state index in [0.29, 0.717) is 41.3 Å².